The second-order valence-corrected chi connectivity index (χ2v) is 2.39. The van der Waals surface area contributed by atoms with Crippen LogP contribution in [-0.4, -0.2) is 0 Å². The summed E-state index contributed by atoms with van der Waals surface area (Å²) in [5, 5.41) is 0. The zero-order valence-corrected chi connectivity index (χ0v) is 5.39. The van der Waals surface area contributed by atoms with E-state index in [1.807, 2.05) is 12.1 Å². The van der Waals surface area contributed by atoms with E-state index in [1.54, 1.807) is 12.1 Å². The standard InChI is InChI=1S/C9H6F/c10-9-5-7-3-1-2-4-8(7)6-9/h1,3-5H,6H2. The highest BCUT2D eigenvalue weighted by atomic mass is 19.1. The van der Waals surface area contributed by atoms with Crippen molar-refractivity contribution < 1.29 is 4.39 Å². The van der Waals surface area contributed by atoms with Gasteiger partial charge in [-0.2, -0.15) is 0 Å². The number of fused-ring (bicyclic) bond motifs is 1. The number of halogens is 1. The van der Waals surface area contributed by atoms with Gasteiger partial charge in [-0.3, -0.25) is 0 Å². The van der Waals surface area contributed by atoms with Gasteiger partial charge in [0.2, 0.25) is 0 Å². The highest BCUT2D eigenvalue weighted by Gasteiger charge is 2.09. The van der Waals surface area contributed by atoms with Gasteiger partial charge in [0.15, 0.2) is 0 Å². The van der Waals surface area contributed by atoms with Gasteiger partial charge in [-0.25, -0.2) is 4.39 Å². The number of rotatable bonds is 0. The molecule has 1 aromatic rings. The first-order valence-corrected chi connectivity index (χ1v) is 3.21. The van der Waals surface area contributed by atoms with Crippen LogP contribution in [0, 0.1) is 6.07 Å². The normalized spacial score (nSPS) is 14.7. The summed E-state index contributed by atoms with van der Waals surface area (Å²) >= 11 is 0. The van der Waals surface area contributed by atoms with Gasteiger partial charge < -0.3 is 0 Å². The lowest BCUT2D eigenvalue weighted by atomic mass is 10.1. The number of hydrogen-bond acceptors (Lipinski definition) is 0. The topological polar surface area (TPSA) is 0 Å². The summed E-state index contributed by atoms with van der Waals surface area (Å²) in [6, 6.07) is 8.42. The van der Waals surface area contributed by atoms with E-state index in [0.717, 1.165) is 11.1 Å². The fraction of sp³-hybridized carbons (Fsp3) is 0.111. The molecular formula is C9H6F. The fourth-order valence-electron chi connectivity index (χ4n) is 1.17. The molecule has 0 aliphatic heterocycles. The van der Waals surface area contributed by atoms with Crippen LogP contribution in [0.15, 0.2) is 24.0 Å². The smallest absolute Gasteiger partial charge is 0.105 e. The quantitative estimate of drug-likeness (QED) is 0.509. The third-order valence-electron chi connectivity index (χ3n) is 1.66. The van der Waals surface area contributed by atoms with Gasteiger partial charge in [-0.05, 0) is 23.3 Å². The molecule has 1 aliphatic carbocycles. The highest BCUT2D eigenvalue weighted by molar-refractivity contribution is 5.61. The molecule has 49 valence electrons. The summed E-state index contributed by atoms with van der Waals surface area (Å²) in [6.45, 7) is 0. The molecule has 1 radical (unpaired) electrons. The highest BCUT2D eigenvalue weighted by Crippen LogP contribution is 2.24. The van der Waals surface area contributed by atoms with Crippen molar-refractivity contribution in [2.45, 2.75) is 6.42 Å². The lowest BCUT2D eigenvalue weighted by Crippen LogP contribution is -1.79. The van der Waals surface area contributed by atoms with Crippen LogP contribution >= 0.6 is 0 Å². The largest absolute Gasteiger partial charge is 0.211 e. The molecule has 2 rings (SSSR count). The minimum Gasteiger partial charge on any atom is -0.211 e. The van der Waals surface area contributed by atoms with Crippen molar-refractivity contribution in [2.75, 3.05) is 0 Å². The molecular weight excluding hydrogens is 127 g/mol. The average molecular weight is 133 g/mol. The van der Waals surface area contributed by atoms with Crippen molar-refractivity contribution in [1.29, 1.82) is 0 Å². The molecule has 1 aliphatic rings. The third-order valence-corrected chi connectivity index (χ3v) is 1.66. The monoisotopic (exact) mass is 133 g/mol. The number of allylic oxidation sites excluding steroid dienone is 1. The molecule has 0 N–H and O–H groups in total. The van der Waals surface area contributed by atoms with Crippen LogP contribution in [0.4, 0.5) is 4.39 Å². The Labute approximate surface area is 59.0 Å². The van der Waals surface area contributed by atoms with Gasteiger partial charge in [0.25, 0.3) is 0 Å². The number of hydrogen-bond donors (Lipinski definition) is 0. The molecule has 0 spiro atoms. The lowest BCUT2D eigenvalue weighted by molar-refractivity contribution is 0.627. The van der Waals surface area contributed by atoms with E-state index >= 15 is 0 Å². The maximum absolute atomic E-state index is 12.6. The summed E-state index contributed by atoms with van der Waals surface area (Å²) in [4.78, 5) is 0. The molecule has 0 aromatic heterocycles. The van der Waals surface area contributed by atoms with Crippen LogP contribution < -0.4 is 0 Å². The minimum absolute atomic E-state index is 0.0467. The molecule has 0 heterocycles. The summed E-state index contributed by atoms with van der Waals surface area (Å²) < 4.78 is 12.6. The van der Waals surface area contributed by atoms with Crippen molar-refractivity contribution >= 4 is 6.08 Å². The average Bonchev–Trinajstić information content (AvgIpc) is 2.27. The SMILES string of the molecule is FC1=Cc2cc[c]cc2C1. The Hall–Kier alpha value is -1.11. The van der Waals surface area contributed by atoms with E-state index in [-0.39, 0.29) is 5.83 Å². The van der Waals surface area contributed by atoms with E-state index in [4.69, 9.17) is 0 Å². The lowest BCUT2D eigenvalue weighted by Gasteiger charge is -1.92. The predicted molar refractivity (Wildman–Crippen MR) is 38.1 cm³/mol. The Morgan fingerprint density at radius 3 is 3.20 bits per heavy atom. The molecule has 0 amide bonds. The first-order valence-electron chi connectivity index (χ1n) is 3.21. The van der Waals surface area contributed by atoms with Crippen LogP contribution in [0.25, 0.3) is 6.08 Å². The van der Waals surface area contributed by atoms with Crippen molar-refractivity contribution in [1.82, 2.24) is 0 Å². The van der Waals surface area contributed by atoms with E-state index in [0.29, 0.717) is 6.42 Å². The fourth-order valence-corrected chi connectivity index (χ4v) is 1.17. The minimum atomic E-state index is -0.0467. The predicted octanol–water partition coefficient (Wildman–Crippen LogP) is 2.35. The number of benzene rings is 1. The van der Waals surface area contributed by atoms with Crippen LogP contribution in [-0.2, 0) is 6.42 Å². The van der Waals surface area contributed by atoms with Crippen LogP contribution in [0.1, 0.15) is 11.1 Å². The molecule has 10 heavy (non-hydrogen) atoms. The van der Waals surface area contributed by atoms with Gasteiger partial charge in [0.05, 0.1) is 0 Å². The molecule has 0 saturated heterocycles. The third kappa shape index (κ3) is 0.747. The second kappa shape index (κ2) is 1.94. The molecule has 1 heteroatoms. The van der Waals surface area contributed by atoms with Gasteiger partial charge >= 0.3 is 0 Å². The van der Waals surface area contributed by atoms with E-state index in [2.05, 4.69) is 6.07 Å². The van der Waals surface area contributed by atoms with E-state index in [9.17, 15) is 4.39 Å². The molecule has 0 fully saturated rings. The van der Waals surface area contributed by atoms with Crippen LogP contribution in [0.5, 0.6) is 0 Å². The molecule has 0 atom stereocenters. The summed E-state index contributed by atoms with van der Waals surface area (Å²) in [5.41, 5.74) is 2.04. The van der Waals surface area contributed by atoms with Crippen molar-refractivity contribution in [3.8, 4) is 0 Å². The van der Waals surface area contributed by atoms with Crippen LogP contribution in [0.3, 0.4) is 0 Å². The Bertz CT molecular complexity index is 287. The summed E-state index contributed by atoms with van der Waals surface area (Å²) in [6.07, 6.45) is 2.02. The Balaban J connectivity index is 2.54. The summed E-state index contributed by atoms with van der Waals surface area (Å²) in [5.74, 6) is -0.0467. The molecule has 1 aromatic carbocycles. The van der Waals surface area contributed by atoms with Crippen molar-refractivity contribution in [3.63, 3.8) is 0 Å². The zero-order chi connectivity index (χ0) is 6.97. The van der Waals surface area contributed by atoms with Crippen LogP contribution in [0.2, 0.25) is 0 Å². The maximum atomic E-state index is 12.6. The second-order valence-electron chi connectivity index (χ2n) is 2.39. The first kappa shape index (κ1) is 5.66. The van der Waals surface area contributed by atoms with Gasteiger partial charge in [0, 0.05) is 6.42 Å². The Morgan fingerprint density at radius 1 is 1.50 bits per heavy atom. The molecule has 0 saturated carbocycles. The first-order chi connectivity index (χ1) is 4.86. The van der Waals surface area contributed by atoms with Gasteiger partial charge in [-0.15, -0.1) is 0 Å². The Morgan fingerprint density at radius 2 is 2.40 bits per heavy atom. The van der Waals surface area contributed by atoms with Gasteiger partial charge in [-0.1, -0.05) is 18.2 Å². The maximum Gasteiger partial charge on any atom is 0.105 e. The Kier molecular flexibility index (Phi) is 1.10. The van der Waals surface area contributed by atoms with E-state index in [1.165, 1.54) is 0 Å². The van der Waals surface area contributed by atoms with Crippen molar-refractivity contribution in [3.05, 3.63) is 41.2 Å². The molecule has 0 bridgehead atoms. The van der Waals surface area contributed by atoms with Crippen molar-refractivity contribution in [2.24, 2.45) is 0 Å². The van der Waals surface area contributed by atoms with E-state index < -0.39 is 0 Å². The molecule has 0 unspecified atom stereocenters. The molecule has 0 nitrogen and oxygen atoms in total. The van der Waals surface area contributed by atoms with Gasteiger partial charge in [0.1, 0.15) is 5.83 Å². The summed E-state index contributed by atoms with van der Waals surface area (Å²) in [7, 11) is 0. The zero-order valence-electron chi connectivity index (χ0n) is 5.39.